The predicted octanol–water partition coefficient (Wildman–Crippen LogP) is 5.66. The minimum Gasteiger partial charge on any atom is -0.443 e. The number of halogens is 1. The number of thiazole rings is 1. The Morgan fingerprint density at radius 1 is 1.30 bits per heavy atom. The maximum absolute atomic E-state index is 12.6. The van der Waals surface area contributed by atoms with Gasteiger partial charge in [0, 0.05) is 23.9 Å². The topological polar surface area (TPSA) is 102 Å². The molecule has 0 bridgehead atoms. The first-order valence-electron chi connectivity index (χ1n) is 9.01. The van der Waals surface area contributed by atoms with Gasteiger partial charge in [0.05, 0.1) is 34.2 Å². The summed E-state index contributed by atoms with van der Waals surface area (Å²) >= 11 is 7.82. The molecular formula is C20H18ClN5O3S. The Kier molecular flexibility index (Phi) is 5.67. The van der Waals surface area contributed by atoms with Gasteiger partial charge in [0.1, 0.15) is 10.3 Å². The number of ether oxygens (including phenoxy) is 1. The summed E-state index contributed by atoms with van der Waals surface area (Å²) in [6.45, 7) is 3.81. The van der Waals surface area contributed by atoms with Crippen LogP contribution in [0.15, 0.2) is 41.4 Å². The Bertz CT molecular complexity index is 1210. The zero-order chi connectivity index (χ0) is 21.3. The standard InChI is InChI=1S/C20H18ClN5O3S/c1-10(28-3)17-15(7-23-19-18(17)24-11(2)30-19)26-20(27)25-12-4-5-13(14(21)6-12)16-8-22-9-29-16/h4-10H,1-3H3,(H2,25,26,27)/t10-/m0/s1. The summed E-state index contributed by atoms with van der Waals surface area (Å²) in [4.78, 5) is 26.3. The van der Waals surface area contributed by atoms with E-state index in [0.29, 0.717) is 27.7 Å². The molecule has 3 heterocycles. The maximum Gasteiger partial charge on any atom is 0.323 e. The second-order valence-electron chi connectivity index (χ2n) is 6.49. The van der Waals surface area contributed by atoms with E-state index in [1.165, 1.54) is 17.7 Å². The van der Waals surface area contributed by atoms with Crippen molar-refractivity contribution in [2.24, 2.45) is 0 Å². The van der Waals surface area contributed by atoms with Crippen LogP contribution in [0.1, 0.15) is 23.6 Å². The van der Waals surface area contributed by atoms with Crippen LogP contribution in [0.5, 0.6) is 0 Å². The minimum absolute atomic E-state index is 0.275. The van der Waals surface area contributed by atoms with Crippen molar-refractivity contribution in [3.8, 4) is 11.3 Å². The van der Waals surface area contributed by atoms with E-state index in [2.05, 4.69) is 25.6 Å². The van der Waals surface area contributed by atoms with E-state index in [9.17, 15) is 4.79 Å². The minimum atomic E-state index is -0.434. The molecule has 8 nitrogen and oxygen atoms in total. The van der Waals surface area contributed by atoms with Gasteiger partial charge < -0.3 is 19.8 Å². The summed E-state index contributed by atoms with van der Waals surface area (Å²) in [7, 11) is 1.61. The van der Waals surface area contributed by atoms with Gasteiger partial charge in [-0.15, -0.1) is 0 Å². The quantitative estimate of drug-likeness (QED) is 0.412. The number of rotatable bonds is 5. The fourth-order valence-electron chi connectivity index (χ4n) is 3.05. The van der Waals surface area contributed by atoms with Crippen LogP contribution >= 0.6 is 22.9 Å². The van der Waals surface area contributed by atoms with E-state index in [0.717, 1.165) is 20.9 Å². The number of aryl methyl sites for hydroxylation is 1. The van der Waals surface area contributed by atoms with Crippen molar-refractivity contribution >= 4 is 50.7 Å². The van der Waals surface area contributed by atoms with Crippen LogP contribution in [0.4, 0.5) is 16.2 Å². The van der Waals surface area contributed by atoms with Gasteiger partial charge in [-0.05, 0) is 32.0 Å². The van der Waals surface area contributed by atoms with Crippen LogP contribution in [0, 0.1) is 6.92 Å². The second-order valence-corrected chi connectivity index (χ2v) is 8.08. The molecule has 4 aromatic rings. The number of methoxy groups -OCH3 is 1. The number of nitrogens with zero attached hydrogens (tertiary/aromatic N) is 3. The number of anilines is 2. The largest absolute Gasteiger partial charge is 0.443 e. The molecule has 0 fully saturated rings. The molecule has 2 N–H and O–H groups in total. The molecule has 1 atom stereocenters. The van der Waals surface area contributed by atoms with E-state index in [1.807, 2.05) is 13.8 Å². The van der Waals surface area contributed by atoms with Crippen LogP contribution in [0.2, 0.25) is 5.02 Å². The third kappa shape index (κ3) is 4.00. The van der Waals surface area contributed by atoms with Crippen LogP contribution in [-0.4, -0.2) is 28.1 Å². The zero-order valence-electron chi connectivity index (χ0n) is 16.4. The van der Waals surface area contributed by atoms with E-state index in [4.69, 9.17) is 20.8 Å². The molecule has 154 valence electrons. The summed E-state index contributed by atoms with van der Waals surface area (Å²) in [6.07, 6.45) is 4.24. The van der Waals surface area contributed by atoms with E-state index in [-0.39, 0.29) is 6.10 Å². The Morgan fingerprint density at radius 3 is 2.83 bits per heavy atom. The first-order chi connectivity index (χ1) is 14.5. The Hall–Kier alpha value is -3.01. The molecule has 0 radical (unpaired) electrons. The number of pyridine rings is 1. The highest BCUT2D eigenvalue weighted by Gasteiger charge is 2.20. The molecule has 0 saturated carbocycles. The van der Waals surface area contributed by atoms with Gasteiger partial charge >= 0.3 is 6.03 Å². The van der Waals surface area contributed by atoms with Gasteiger partial charge in [-0.1, -0.05) is 22.9 Å². The fourth-order valence-corrected chi connectivity index (χ4v) is 4.10. The van der Waals surface area contributed by atoms with Gasteiger partial charge in [-0.25, -0.2) is 19.7 Å². The van der Waals surface area contributed by atoms with Crippen molar-refractivity contribution in [3.05, 3.63) is 52.6 Å². The molecule has 4 rings (SSSR count). The molecule has 10 heteroatoms. The highest BCUT2D eigenvalue weighted by Crippen LogP contribution is 2.34. The number of carbonyl (C=O) groups is 1. The van der Waals surface area contributed by atoms with Crippen molar-refractivity contribution in [1.29, 1.82) is 0 Å². The lowest BCUT2D eigenvalue weighted by Gasteiger charge is -2.16. The summed E-state index contributed by atoms with van der Waals surface area (Å²) in [6, 6.07) is 4.69. The SMILES string of the molecule is CO[C@@H](C)c1c(NC(=O)Nc2ccc(-c3cnco3)c(Cl)c2)cnc2sc(C)nc12. The molecule has 0 aliphatic carbocycles. The van der Waals surface area contributed by atoms with Crippen molar-refractivity contribution in [2.75, 3.05) is 17.7 Å². The highest BCUT2D eigenvalue weighted by molar-refractivity contribution is 7.18. The molecule has 0 aliphatic heterocycles. The van der Waals surface area contributed by atoms with Crippen LogP contribution in [0.3, 0.4) is 0 Å². The third-order valence-corrected chi connectivity index (χ3v) is 5.70. The number of hydrogen-bond acceptors (Lipinski definition) is 7. The van der Waals surface area contributed by atoms with Crippen LogP contribution in [0.25, 0.3) is 21.7 Å². The number of urea groups is 1. The van der Waals surface area contributed by atoms with Crippen LogP contribution < -0.4 is 10.6 Å². The zero-order valence-corrected chi connectivity index (χ0v) is 18.0. The van der Waals surface area contributed by atoms with E-state index in [1.54, 1.807) is 37.7 Å². The number of benzene rings is 1. The monoisotopic (exact) mass is 443 g/mol. The van der Waals surface area contributed by atoms with Gasteiger partial charge in [-0.2, -0.15) is 0 Å². The Morgan fingerprint density at radius 2 is 2.13 bits per heavy atom. The maximum atomic E-state index is 12.6. The lowest BCUT2D eigenvalue weighted by atomic mass is 10.1. The summed E-state index contributed by atoms with van der Waals surface area (Å²) in [5.74, 6) is 0.548. The molecule has 0 aliphatic rings. The molecule has 0 unspecified atom stereocenters. The molecular weight excluding hydrogens is 426 g/mol. The number of fused-ring (bicyclic) bond motifs is 1. The number of amides is 2. The molecule has 3 aromatic heterocycles. The number of nitrogens with one attached hydrogen (secondary N) is 2. The van der Waals surface area contributed by atoms with E-state index < -0.39 is 6.03 Å². The number of carbonyl (C=O) groups excluding carboxylic acids is 1. The fraction of sp³-hybridized carbons (Fsp3) is 0.200. The van der Waals surface area contributed by atoms with Crippen molar-refractivity contribution in [1.82, 2.24) is 15.0 Å². The first-order valence-corrected chi connectivity index (χ1v) is 10.2. The summed E-state index contributed by atoms with van der Waals surface area (Å²) in [5.41, 5.74) is 3.25. The summed E-state index contributed by atoms with van der Waals surface area (Å²) in [5, 5.41) is 6.94. The third-order valence-electron chi connectivity index (χ3n) is 4.51. The molecule has 30 heavy (non-hydrogen) atoms. The van der Waals surface area contributed by atoms with Crippen molar-refractivity contribution < 1.29 is 13.9 Å². The first kappa shape index (κ1) is 20.3. The molecule has 1 aromatic carbocycles. The normalized spacial score (nSPS) is 12.1. The lowest BCUT2D eigenvalue weighted by Crippen LogP contribution is -2.21. The molecule has 0 spiro atoms. The number of oxazole rings is 1. The molecule has 0 saturated heterocycles. The predicted molar refractivity (Wildman–Crippen MR) is 117 cm³/mol. The van der Waals surface area contributed by atoms with E-state index >= 15 is 0 Å². The van der Waals surface area contributed by atoms with Gasteiger partial charge in [0.15, 0.2) is 12.2 Å². The van der Waals surface area contributed by atoms with Crippen molar-refractivity contribution in [3.63, 3.8) is 0 Å². The number of aromatic nitrogens is 3. The average Bonchev–Trinajstić information content (AvgIpc) is 3.36. The Labute approximate surface area is 181 Å². The number of hydrogen-bond donors (Lipinski definition) is 2. The van der Waals surface area contributed by atoms with Gasteiger partial charge in [0.25, 0.3) is 0 Å². The second kappa shape index (κ2) is 8.39. The smallest absolute Gasteiger partial charge is 0.323 e. The van der Waals surface area contributed by atoms with Gasteiger partial charge in [0.2, 0.25) is 0 Å². The average molecular weight is 444 g/mol. The summed E-state index contributed by atoms with van der Waals surface area (Å²) < 4.78 is 10.8. The Balaban J connectivity index is 1.57. The highest BCUT2D eigenvalue weighted by atomic mass is 35.5. The van der Waals surface area contributed by atoms with Gasteiger partial charge in [-0.3, -0.25) is 0 Å². The van der Waals surface area contributed by atoms with Crippen molar-refractivity contribution in [2.45, 2.75) is 20.0 Å². The van der Waals surface area contributed by atoms with Crippen LogP contribution in [-0.2, 0) is 4.74 Å². The lowest BCUT2D eigenvalue weighted by molar-refractivity contribution is 0.121. The molecule has 2 amide bonds.